The van der Waals surface area contributed by atoms with E-state index in [1.807, 2.05) is 6.07 Å². The van der Waals surface area contributed by atoms with Crippen molar-refractivity contribution in [2.24, 2.45) is 0 Å². The Kier molecular flexibility index (Phi) is 2.79. The normalized spacial score (nSPS) is 17.1. The summed E-state index contributed by atoms with van der Waals surface area (Å²) in [6.07, 6.45) is 1.73. The molecule has 0 aromatic carbocycles. The van der Waals surface area contributed by atoms with E-state index in [9.17, 15) is 0 Å². The van der Waals surface area contributed by atoms with Crippen LogP contribution in [0.2, 0.25) is 0 Å². The van der Waals surface area contributed by atoms with Crippen LogP contribution in [0.1, 0.15) is 0 Å². The number of ether oxygens (including phenoxy) is 1. The van der Waals surface area contributed by atoms with Gasteiger partial charge in [0.2, 0.25) is 0 Å². The molecule has 2 rings (SSSR count). The Bertz CT molecular complexity index is 326. The molecule has 1 saturated heterocycles. The van der Waals surface area contributed by atoms with Crippen LogP contribution in [0, 0.1) is 0 Å². The lowest BCUT2D eigenvalue weighted by Gasteiger charge is -2.29. The molecular weight excluding hydrogens is 198 g/mol. The average molecular weight is 211 g/mol. The van der Waals surface area contributed by atoms with Gasteiger partial charge in [-0.25, -0.2) is 4.98 Å². The second-order valence-electron chi connectivity index (χ2n) is 3.17. The molecule has 1 aliphatic heterocycles. The lowest BCUT2D eigenvalue weighted by atomic mass is 10.3. The number of hydrogen-bond acceptors (Lipinski definition) is 5. The summed E-state index contributed by atoms with van der Waals surface area (Å²) in [6, 6.07) is 1.92. The van der Waals surface area contributed by atoms with E-state index >= 15 is 0 Å². The van der Waals surface area contributed by atoms with Crippen LogP contribution < -0.4 is 10.6 Å². The van der Waals surface area contributed by atoms with Crippen molar-refractivity contribution in [2.75, 3.05) is 36.9 Å². The summed E-state index contributed by atoms with van der Waals surface area (Å²) in [6.45, 7) is 3.26. The fourth-order valence-electron chi connectivity index (χ4n) is 1.53. The van der Waals surface area contributed by atoms with Crippen molar-refractivity contribution in [3.8, 4) is 0 Å². The Hall–Kier alpha value is -0.940. The topological polar surface area (TPSA) is 51.4 Å². The number of aromatic nitrogens is 1. The molecule has 0 atom stereocenters. The number of hydrogen-bond donors (Lipinski definition) is 2. The van der Waals surface area contributed by atoms with Crippen molar-refractivity contribution < 1.29 is 4.74 Å². The van der Waals surface area contributed by atoms with Gasteiger partial charge in [0, 0.05) is 19.3 Å². The SMILES string of the molecule is Nc1c(N2CCOCC2)ccnc1S. The first-order chi connectivity index (χ1) is 6.79. The molecule has 76 valence electrons. The van der Waals surface area contributed by atoms with Crippen molar-refractivity contribution in [3.63, 3.8) is 0 Å². The van der Waals surface area contributed by atoms with Gasteiger partial charge in [0.25, 0.3) is 0 Å². The highest BCUT2D eigenvalue weighted by molar-refractivity contribution is 7.80. The highest BCUT2D eigenvalue weighted by Gasteiger charge is 2.14. The van der Waals surface area contributed by atoms with Gasteiger partial charge in [0.05, 0.1) is 24.6 Å². The van der Waals surface area contributed by atoms with E-state index in [1.165, 1.54) is 0 Å². The molecule has 1 fully saturated rings. The summed E-state index contributed by atoms with van der Waals surface area (Å²) in [4.78, 5) is 6.21. The van der Waals surface area contributed by atoms with Gasteiger partial charge >= 0.3 is 0 Å². The summed E-state index contributed by atoms with van der Waals surface area (Å²) in [5, 5.41) is 0.592. The van der Waals surface area contributed by atoms with Crippen LogP contribution in [0.5, 0.6) is 0 Å². The van der Waals surface area contributed by atoms with E-state index in [2.05, 4.69) is 22.5 Å². The molecule has 1 aliphatic rings. The van der Waals surface area contributed by atoms with Crippen LogP contribution in [0.25, 0.3) is 0 Å². The molecule has 0 unspecified atom stereocenters. The molecule has 0 amide bonds. The Balaban J connectivity index is 2.26. The quantitative estimate of drug-likeness (QED) is 0.674. The summed E-state index contributed by atoms with van der Waals surface area (Å²) >= 11 is 4.19. The summed E-state index contributed by atoms with van der Waals surface area (Å²) in [5.41, 5.74) is 7.55. The van der Waals surface area contributed by atoms with Crippen LogP contribution in [-0.4, -0.2) is 31.3 Å². The van der Waals surface area contributed by atoms with Gasteiger partial charge in [-0.2, -0.15) is 0 Å². The fourth-order valence-corrected chi connectivity index (χ4v) is 1.71. The van der Waals surface area contributed by atoms with Gasteiger partial charge in [-0.15, -0.1) is 12.6 Å². The average Bonchev–Trinajstić information content (AvgIpc) is 2.23. The number of anilines is 2. The maximum atomic E-state index is 5.89. The van der Waals surface area contributed by atoms with Crippen molar-refractivity contribution >= 4 is 24.0 Å². The molecule has 2 N–H and O–H groups in total. The van der Waals surface area contributed by atoms with E-state index in [4.69, 9.17) is 10.5 Å². The molecule has 4 nitrogen and oxygen atoms in total. The molecule has 1 aromatic heterocycles. The monoisotopic (exact) mass is 211 g/mol. The first kappa shape index (κ1) is 9.61. The van der Waals surface area contributed by atoms with Gasteiger partial charge in [0.15, 0.2) is 0 Å². The van der Waals surface area contributed by atoms with E-state index in [0.717, 1.165) is 32.0 Å². The predicted molar refractivity (Wildman–Crippen MR) is 58.9 cm³/mol. The third-order valence-electron chi connectivity index (χ3n) is 2.30. The number of thiol groups is 1. The number of nitrogen functional groups attached to an aromatic ring is 1. The highest BCUT2D eigenvalue weighted by Crippen LogP contribution is 2.27. The molecule has 0 bridgehead atoms. The Labute approximate surface area is 88.5 Å². The minimum Gasteiger partial charge on any atom is -0.395 e. The van der Waals surface area contributed by atoms with Crippen molar-refractivity contribution in [2.45, 2.75) is 5.03 Å². The lowest BCUT2D eigenvalue weighted by molar-refractivity contribution is 0.122. The van der Waals surface area contributed by atoms with Gasteiger partial charge < -0.3 is 15.4 Å². The number of nitrogens with zero attached hydrogens (tertiary/aromatic N) is 2. The Morgan fingerprint density at radius 3 is 2.86 bits per heavy atom. The molecule has 14 heavy (non-hydrogen) atoms. The van der Waals surface area contributed by atoms with Crippen LogP contribution in [0.15, 0.2) is 17.3 Å². The largest absolute Gasteiger partial charge is 0.395 e. The van der Waals surface area contributed by atoms with Crippen molar-refractivity contribution in [1.29, 1.82) is 0 Å². The van der Waals surface area contributed by atoms with Gasteiger partial charge in [0.1, 0.15) is 5.03 Å². The van der Waals surface area contributed by atoms with Crippen LogP contribution in [-0.2, 0) is 4.74 Å². The fraction of sp³-hybridized carbons (Fsp3) is 0.444. The minimum absolute atomic E-state index is 0.592. The zero-order valence-corrected chi connectivity index (χ0v) is 8.70. The maximum Gasteiger partial charge on any atom is 0.118 e. The van der Waals surface area contributed by atoms with Crippen LogP contribution >= 0.6 is 12.6 Å². The number of pyridine rings is 1. The van der Waals surface area contributed by atoms with Gasteiger partial charge in [-0.05, 0) is 6.07 Å². The molecule has 0 radical (unpaired) electrons. The Morgan fingerprint density at radius 2 is 2.14 bits per heavy atom. The summed E-state index contributed by atoms with van der Waals surface area (Å²) in [7, 11) is 0. The number of nitrogens with two attached hydrogens (primary N) is 1. The van der Waals surface area contributed by atoms with E-state index in [0.29, 0.717) is 10.7 Å². The molecule has 5 heteroatoms. The van der Waals surface area contributed by atoms with E-state index in [1.54, 1.807) is 6.20 Å². The molecule has 0 saturated carbocycles. The minimum atomic E-state index is 0.592. The summed E-state index contributed by atoms with van der Waals surface area (Å²) in [5.74, 6) is 0. The van der Waals surface area contributed by atoms with E-state index < -0.39 is 0 Å². The van der Waals surface area contributed by atoms with Gasteiger partial charge in [-0.1, -0.05) is 0 Å². The predicted octanol–water partition coefficient (Wildman–Crippen LogP) is 0.789. The third-order valence-corrected chi connectivity index (χ3v) is 2.65. The zero-order valence-electron chi connectivity index (χ0n) is 7.81. The first-order valence-electron chi connectivity index (χ1n) is 4.55. The molecule has 2 heterocycles. The summed E-state index contributed by atoms with van der Waals surface area (Å²) < 4.78 is 5.27. The smallest absolute Gasteiger partial charge is 0.118 e. The van der Waals surface area contributed by atoms with E-state index in [-0.39, 0.29) is 0 Å². The highest BCUT2D eigenvalue weighted by atomic mass is 32.1. The van der Waals surface area contributed by atoms with Crippen LogP contribution in [0.3, 0.4) is 0 Å². The standard InChI is InChI=1S/C9H13N3OS/c10-8-7(1-2-11-9(8)14)12-3-5-13-6-4-12/h1-2H,3-6,10H2,(H,11,14). The molecular formula is C9H13N3OS. The number of rotatable bonds is 1. The lowest BCUT2D eigenvalue weighted by Crippen LogP contribution is -2.36. The molecule has 1 aromatic rings. The molecule has 0 spiro atoms. The third kappa shape index (κ3) is 1.78. The van der Waals surface area contributed by atoms with Crippen molar-refractivity contribution in [3.05, 3.63) is 12.3 Å². The Morgan fingerprint density at radius 1 is 1.43 bits per heavy atom. The number of morpholine rings is 1. The zero-order chi connectivity index (χ0) is 9.97. The second kappa shape index (κ2) is 4.06. The second-order valence-corrected chi connectivity index (χ2v) is 3.59. The first-order valence-corrected chi connectivity index (χ1v) is 5.00. The maximum absolute atomic E-state index is 5.89. The van der Waals surface area contributed by atoms with Gasteiger partial charge in [-0.3, -0.25) is 0 Å². The van der Waals surface area contributed by atoms with Crippen LogP contribution in [0.4, 0.5) is 11.4 Å². The molecule has 0 aliphatic carbocycles. The van der Waals surface area contributed by atoms with Crippen molar-refractivity contribution in [1.82, 2.24) is 4.98 Å².